The molecule has 0 bridgehead atoms. The van der Waals surface area contributed by atoms with Crippen LogP contribution in [0.15, 0.2) is 54.6 Å². The van der Waals surface area contributed by atoms with E-state index < -0.39 is 16.8 Å². The average molecular weight is 289 g/mol. The third kappa shape index (κ3) is 5.32. The van der Waals surface area contributed by atoms with Gasteiger partial charge in [0, 0.05) is 12.1 Å². The van der Waals surface area contributed by atoms with Crippen molar-refractivity contribution < 1.29 is 19.9 Å². The standard InChI is InChI=1S/C9H10O2.C6H5NO3/c1-7(9(10)11)8-5-3-2-4-6-8;8-6-3-1-5(2-4-6)7(9)10/h2-7H,1H3,(H,10,11);1-4,8H. The molecule has 2 N–H and O–H groups in total. The second-order valence-electron chi connectivity index (χ2n) is 4.24. The van der Waals surface area contributed by atoms with Gasteiger partial charge in [0.2, 0.25) is 0 Å². The Balaban J connectivity index is 0.000000211. The summed E-state index contributed by atoms with van der Waals surface area (Å²) in [5.74, 6) is -1.15. The van der Waals surface area contributed by atoms with Crippen LogP contribution in [0.4, 0.5) is 5.69 Å². The summed E-state index contributed by atoms with van der Waals surface area (Å²) >= 11 is 0. The molecule has 110 valence electrons. The minimum Gasteiger partial charge on any atom is -0.508 e. The van der Waals surface area contributed by atoms with Crippen molar-refractivity contribution in [2.75, 3.05) is 0 Å². The van der Waals surface area contributed by atoms with Crippen LogP contribution in [0.2, 0.25) is 0 Å². The third-order valence-corrected chi connectivity index (χ3v) is 2.73. The van der Waals surface area contributed by atoms with Crippen LogP contribution in [0, 0.1) is 10.1 Å². The number of rotatable bonds is 3. The Morgan fingerprint density at radius 3 is 2.05 bits per heavy atom. The van der Waals surface area contributed by atoms with Gasteiger partial charge in [0.05, 0.1) is 10.8 Å². The molecule has 0 saturated heterocycles. The number of carboxylic acids is 1. The van der Waals surface area contributed by atoms with Crippen LogP contribution >= 0.6 is 0 Å². The quantitative estimate of drug-likeness (QED) is 0.667. The number of nitrogens with zero attached hydrogens (tertiary/aromatic N) is 1. The molecule has 0 radical (unpaired) electrons. The SMILES string of the molecule is CC(C(=O)O)c1ccccc1.O=[N+]([O-])c1ccc(O)cc1. The number of nitro benzene ring substituents is 1. The van der Waals surface area contributed by atoms with Gasteiger partial charge in [0.25, 0.3) is 5.69 Å². The Kier molecular flexibility index (Phi) is 5.88. The van der Waals surface area contributed by atoms with E-state index in [0.717, 1.165) is 5.56 Å². The summed E-state index contributed by atoms with van der Waals surface area (Å²) in [6, 6.07) is 14.2. The number of hydrogen-bond acceptors (Lipinski definition) is 4. The molecule has 1 unspecified atom stereocenters. The monoisotopic (exact) mass is 289 g/mol. The highest BCUT2D eigenvalue weighted by atomic mass is 16.6. The van der Waals surface area contributed by atoms with Crippen LogP contribution in [0.25, 0.3) is 0 Å². The molecule has 21 heavy (non-hydrogen) atoms. The molecule has 0 spiro atoms. The van der Waals surface area contributed by atoms with E-state index in [9.17, 15) is 14.9 Å². The normalized spacial score (nSPS) is 10.9. The van der Waals surface area contributed by atoms with Crippen LogP contribution in [-0.4, -0.2) is 21.1 Å². The van der Waals surface area contributed by atoms with Crippen molar-refractivity contribution in [2.24, 2.45) is 0 Å². The van der Waals surface area contributed by atoms with E-state index in [4.69, 9.17) is 10.2 Å². The number of carbonyl (C=O) groups is 1. The first-order valence-corrected chi connectivity index (χ1v) is 6.13. The molecular formula is C15H15NO5. The third-order valence-electron chi connectivity index (χ3n) is 2.73. The molecule has 0 saturated carbocycles. The van der Waals surface area contributed by atoms with Crippen molar-refractivity contribution in [3.05, 3.63) is 70.3 Å². The summed E-state index contributed by atoms with van der Waals surface area (Å²) in [5.41, 5.74) is 0.831. The zero-order chi connectivity index (χ0) is 15.8. The number of aliphatic carboxylic acids is 1. The van der Waals surface area contributed by atoms with E-state index in [0.29, 0.717) is 0 Å². The predicted molar refractivity (Wildman–Crippen MR) is 77.3 cm³/mol. The van der Waals surface area contributed by atoms with E-state index >= 15 is 0 Å². The second kappa shape index (κ2) is 7.64. The van der Waals surface area contributed by atoms with Gasteiger partial charge in [-0.05, 0) is 24.6 Å². The molecule has 0 aliphatic carbocycles. The maximum absolute atomic E-state index is 10.5. The van der Waals surface area contributed by atoms with Crippen LogP contribution in [0.1, 0.15) is 18.4 Å². The van der Waals surface area contributed by atoms with Crippen LogP contribution in [0.5, 0.6) is 5.75 Å². The second-order valence-corrected chi connectivity index (χ2v) is 4.24. The van der Waals surface area contributed by atoms with E-state index in [1.807, 2.05) is 30.3 Å². The molecule has 0 aliphatic rings. The first-order chi connectivity index (χ1) is 9.91. The van der Waals surface area contributed by atoms with Crippen molar-refractivity contribution in [3.63, 3.8) is 0 Å². The van der Waals surface area contributed by atoms with Gasteiger partial charge < -0.3 is 10.2 Å². The molecular weight excluding hydrogens is 274 g/mol. The molecule has 0 amide bonds. The molecule has 2 aromatic rings. The molecule has 2 rings (SSSR count). The lowest BCUT2D eigenvalue weighted by Crippen LogP contribution is -2.06. The van der Waals surface area contributed by atoms with Crippen molar-refractivity contribution in [3.8, 4) is 5.75 Å². The summed E-state index contributed by atoms with van der Waals surface area (Å²) in [4.78, 5) is 20.0. The lowest BCUT2D eigenvalue weighted by atomic mass is 10.0. The van der Waals surface area contributed by atoms with Crippen molar-refractivity contribution in [1.82, 2.24) is 0 Å². The zero-order valence-corrected chi connectivity index (χ0v) is 11.3. The molecule has 6 heteroatoms. The van der Waals surface area contributed by atoms with Crippen LogP contribution in [-0.2, 0) is 4.79 Å². The lowest BCUT2D eigenvalue weighted by Gasteiger charge is -2.04. The number of phenols is 1. The predicted octanol–water partition coefficient (Wildman–Crippen LogP) is 3.18. The van der Waals surface area contributed by atoms with Gasteiger partial charge in [0.15, 0.2) is 0 Å². The van der Waals surface area contributed by atoms with Gasteiger partial charge in [-0.3, -0.25) is 14.9 Å². The van der Waals surface area contributed by atoms with Crippen molar-refractivity contribution >= 4 is 11.7 Å². The van der Waals surface area contributed by atoms with Crippen molar-refractivity contribution in [1.29, 1.82) is 0 Å². The number of carboxylic acid groups (broad SMARTS) is 1. The fourth-order valence-corrected chi connectivity index (χ4v) is 1.46. The Morgan fingerprint density at radius 2 is 1.62 bits per heavy atom. The molecule has 0 fully saturated rings. The van der Waals surface area contributed by atoms with Gasteiger partial charge in [-0.2, -0.15) is 0 Å². The highest BCUT2D eigenvalue weighted by Gasteiger charge is 2.11. The topological polar surface area (TPSA) is 101 Å². The fourth-order valence-electron chi connectivity index (χ4n) is 1.46. The van der Waals surface area contributed by atoms with E-state index in [2.05, 4.69) is 0 Å². The summed E-state index contributed by atoms with van der Waals surface area (Å²) < 4.78 is 0. The summed E-state index contributed by atoms with van der Waals surface area (Å²) in [7, 11) is 0. The molecule has 1 atom stereocenters. The Hall–Kier alpha value is -2.89. The molecule has 0 aromatic heterocycles. The number of nitro groups is 1. The van der Waals surface area contributed by atoms with Crippen molar-refractivity contribution in [2.45, 2.75) is 12.8 Å². The summed E-state index contributed by atoms with van der Waals surface area (Å²) in [6.07, 6.45) is 0. The zero-order valence-electron chi connectivity index (χ0n) is 11.3. The smallest absolute Gasteiger partial charge is 0.310 e. The molecule has 0 aliphatic heterocycles. The minimum atomic E-state index is -0.781. The number of hydrogen-bond donors (Lipinski definition) is 2. The first-order valence-electron chi connectivity index (χ1n) is 6.13. The van der Waals surface area contributed by atoms with E-state index in [1.54, 1.807) is 6.92 Å². The van der Waals surface area contributed by atoms with E-state index in [-0.39, 0.29) is 11.4 Å². The maximum Gasteiger partial charge on any atom is 0.310 e. The minimum absolute atomic E-state index is 0.0159. The largest absolute Gasteiger partial charge is 0.508 e. The van der Waals surface area contributed by atoms with Gasteiger partial charge in [-0.1, -0.05) is 30.3 Å². The highest BCUT2D eigenvalue weighted by molar-refractivity contribution is 5.75. The Bertz CT molecular complexity index is 595. The number of phenolic OH excluding ortho intramolecular Hbond substituents is 1. The maximum atomic E-state index is 10.5. The van der Waals surface area contributed by atoms with Crippen LogP contribution < -0.4 is 0 Å². The van der Waals surface area contributed by atoms with E-state index in [1.165, 1.54) is 24.3 Å². The number of aromatic hydroxyl groups is 1. The first kappa shape index (κ1) is 16.2. The molecule has 6 nitrogen and oxygen atoms in total. The summed E-state index contributed by atoms with van der Waals surface area (Å²) in [5, 5.41) is 27.4. The van der Waals surface area contributed by atoms with Gasteiger partial charge in [-0.25, -0.2) is 0 Å². The van der Waals surface area contributed by atoms with Crippen LogP contribution in [0.3, 0.4) is 0 Å². The fraction of sp³-hybridized carbons (Fsp3) is 0.133. The lowest BCUT2D eigenvalue weighted by molar-refractivity contribution is -0.384. The number of non-ortho nitro benzene ring substituents is 1. The van der Waals surface area contributed by atoms with Gasteiger partial charge in [0.1, 0.15) is 5.75 Å². The molecule has 0 heterocycles. The van der Waals surface area contributed by atoms with Gasteiger partial charge in [-0.15, -0.1) is 0 Å². The Morgan fingerprint density at radius 1 is 1.10 bits per heavy atom. The summed E-state index contributed by atoms with van der Waals surface area (Å²) in [6.45, 7) is 1.68. The molecule has 2 aromatic carbocycles. The highest BCUT2D eigenvalue weighted by Crippen LogP contribution is 2.15. The Labute approximate surface area is 121 Å². The van der Waals surface area contributed by atoms with Gasteiger partial charge >= 0.3 is 5.97 Å². The average Bonchev–Trinajstić information content (AvgIpc) is 2.48. The number of benzene rings is 2.